The monoisotopic (exact) mass is 227 g/mol. The first-order chi connectivity index (χ1) is 4.60. The van der Waals surface area contributed by atoms with Crippen LogP contribution in [-0.4, -0.2) is 18.8 Å². The van der Waals surface area contributed by atoms with Crippen LogP contribution in [0.25, 0.3) is 0 Å². The van der Waals surface area contributed by atoms with Crippen molar-refractivity contribution < 1.29 is 13.6 Å². The minimum atomic E-state index is -3.22. The van der Waals surface area contributed by atoms with Crippen LogP contribution in [0.3, 0.4) is 0 Å². The van der Waals surface area contributed by atoms with E-state index in [0.717, 1.165) is 0 Å². The van der Waals surface area contributed by atoms with E-state index in [1.54, 1.807) is 6.07 Å². The summed E-state index contributed by atoms with van der Waals surface area (Å²) in [6.45, 7) is 0. The molecule has 58 valence electrons. The Hall–Kier alpha value is 0.120. The lowest BCUT2D eigenvalue weighted by molar-refractivity contribution is 0.277. The zero-order valence-electron chi connectivity index (χ0n) is 5.57. The molecule has 0 aliphatic rings. The van der Waals surface area contributed by atoms with E-state index in [1.807, 2.05) is 0 Å². The van der Waals surface area contributed by atoms with Crippen LogP contribution >= 0.6 is 23.5 Å². The number of alkyl halides is 1. The third kappa shape index (κ3) is 2.06. The Morgan fingerprint density at radius 2 is 2.00 bits per heavy atom. The first kappa shape index (κ1) is 10.1. The normalized spacial score (nSPS) is 14.2. The third-order valence-electron chi connectivity index (χ3n) is 0.893. The second-order valence-corrected chi connectivity index (χ2v) is 5.32. The molecule has 0 bridgehead atoms. The molecule has 0 rings (SSSR count). The molecule has 0 aromatic heterocycles. The lowest BCUT2D eigenvalue weighted by atomic mass is 10.9. The van der Waals surface area contributed by atoms with Crippen LogP contribution < -0.4 is 0 Å². The van der Waals surface area contributed by atoms with Gasteiger partial charge in [-0.2, -0.15) is 5.26 Å². The molecule has 0 spiro atoms. The van der Waals surface area contributed by atoms with Gasteiger partial charge >= 0.3 is 7.60 Å². The molecule has 0 saturated carbocycles. The summed E-state index contributed by atoms with van der Waals surface area (Å²) < 4.78 is 19.3. The van der Waals surface area contributed by atoms with Crippen molar-refractivity contribution in [1.29, 1.82) is 5.26 Å². The number of hydrogen-bond acceptors (Lipinski definition) is 4. The fourth-order valence-corrected chi connectivity index (χ4v) is 1.99. The molecule has 0 aromatic rings. The number of hydrogen-bond donors (Lipinski definition) is 0. The molecule has 0 aliphatic carbocycles. The van der Waals surface area contributed by atoms with E-state index in [1.165, 1.54) is 14.2 Å². The van der Waals surface area contributed by atoms with E-state index in [-0.39, 0.29) is 0 Å². The highest BCUT2D eigenvalue weighted by Crippen LogP contribution is 2.53. The highest BCUT2D eigenvalue weighted by atomic mass is 79.9. The molecular formula is C4H7BrNO3P. The zero-order valence-corrected chi connectivity index (χ0v) is 8.05. The first-order valence-corrected chi connectivity index (χ1v) is 4.88. The molecule has 0 aliphatic heterocycles. The Labute approximate surface area is 67.8 Å². The van der Waals surface area contributed by atoms with Gasteiger partial charge in [-0.05, 0) is 0 Å². The average Bonchev–Trinajstić information content (AvgIpc) is 2.01. The van der Waals surface area contributed by atoms with E-state index in [4.69, 9.17) is 5.26 Å². The second kappa shape index (κ2) is 4.09. The molecule has 0 amide bonds. The third-order valence-corrected chi connectivity index (χ3v) is 4.29. The molecule has 1 atom stereocenters. The van der Waals surface area contributed by atoms with Crippen molar-refractivity contribution in [1.82, 2.24) is 0 Å². The molecule has 6 heteroatoms. The molecule has 0 saturated heterocycles. The summed E-state index contributed by atoms with van der Waals surface area (Å²) in [6.07, 6.45) is 0. The fraction of sp³-hybridized carbons (Fsp3) is 0.750. The van der Waals surface area contributed by atoms with Gasteiger partial charge in [0.25, 0.3) is 0 Å². The van der Waals surface area contributed by atoms with Crippen molar-refractivity contribution in [3.8, 4) is 6.07 Å². The first-order valence-electron chi connectivity index (χ1n) is 2.35. The smallest absolute Gasteiger partial charge is 0.310 e. The van der Waals surface area contributed by atoms with Crippen molar-refractivity contribution in [2.75, 3.05) is 14.2 Å². The summed E-state index contributed by atoms with van der Waals surface area (Å²) in [5, 5.41) is 8.30. The Kier molecular flexibility index (Phi) is 4.14. The Bertz CT molecular complexity index is 181. The largest absolute Gasteiger partial charge is 0.357 e. The summed E-state index contributed by atoms with van der Waals surface area (Å²) in [4.78, 5) is 0. The van der Waals surface area contributed by atoms with Crippen molar-refractivity contribution in [3.63, 3.8) is 0 Å². The van der Waals surface area contributed by atoms with Gasteiger partial charge in [0, 0.05) is 14.2 Å². The maximum atomic E-state index is 11.2. The average molecular weight is 228 g/mol. The summed E-state index contributed by atoms with van der Waals surface area (Å²) in [7, 11) is -0.753. The highest BCUT2D eigenvalue weighted by Gasteiger charge is 2.31. The number of halogens is 1. The summed E-state index contributed by atoms with van der Waals surface area (Å²) >= 11 is 2.85. The van der Waals surface area contributed by atoms with Gasteiger partial charge in [-0.15, -0.1) is 0 Å². The summed E-state index contributed by atoms with van der Waals surface area (Å²) in [6, 6.07) is 1.71. The van der Waals surface area contributed by atoms with Crippen LogP contribution in [-0.2, 0) is 13.6 Å². The number of nitrogens with zero attached hydrogens (tertiary/aromatic N) is 1. The van der Waals surface area contributed by atoms with E-state index in [0.29, 0.717) is 0 Å². The lowest BCUT2D eigenvalue weighted by Gasteiger charge is -2.12. The van der Waals surface area contributed by atoms with E-state index < -0.39 is 12.2 Å². The van der Waals surface area contributed by atoms with Crippen LogP contribution in [0.1, 0.15) is 0 Å². The van der Waals surface area contributed by atoms with Crippen LogP contribution in [0.4, 0.5) is 0 Å². The van der Waals surface area contributed by atoms with Gasteiger partial charge in [0.1, 0.15) is 0 Å². The van der Waals surface area contributed by atoms with Gasteiger partial charge in [-0.3, -0.25) is 4.57 Å². The van der Waals surface area contributed by atoms with Crippen LogP contribution in [0.15, 0.2) is 0 Å². The summed E-state index contributed by atoms with van der Waals surface area (Å²) in [5.41, 5.74) is 0. The predicted molar refractivity (Wildman–Crippen MR) is 40.0 cm³/mol. The zero-order chi connectivity index (χ0) is 8.20. The molecule has 10 heavy (non-hydrogen) atoms. The second-order valence-electron chi connectivity index (χ2n) is 1.37. The predicted octanol–water partition coefficient (Wildman–Crippen LogP) is 1.72. The SMILES string of the molecule is COP(=O)(OC)C(Br)C#N. The van der Waals surface area contributed by atoms with E-state index in [2.05, 4.69) is 25.0 Å². The fourth-order valence-electron chi connectivity index (χ4n) is 0.330. The molecule has 0 radical (unpaired) electrons. The van der Waals surface area contributed by atoms with Gasteiger partial charge in [-0.25, -0.2) is 0 Å². The Morgan fingerprint density at radius 3 is 2.10 bits per heavy atom. The van der Waals surface area contributed by atoms with Gasteiger partial charge in [0.15, 0.2) is 0 Å². The van der Waals surface area contributed by atoms with Gasteiger partial charge < -0.3 is 9.05 Å². The molecule has 4 nitrogen and oxygen atoms in total. The van der Waals surface area contributed by atoms with Crippen molar-refractivity contribution in [2.45, 2.75) is 4.57 Å². The molecule has 0 heterocycles. The van der Waals surface area contributed by atoms with Gasteiger partial charge in [-0.1, -0.05) is 15.9 Å². The lowest BCUT2D eigenvalue weighted by Crippen LogP contribution is -1.99. The van der Waals surface area contributed by atoms with E-state index in [9.17, 15) is 4.57 Å². The van der Waals surface area contributed by atoms with Crippen molar-refractivity contribution in [2.24, 2.45) is 0 Å². The number of rotatable bonds is 3. The molecule has 0 aromatic carbocycles. The maximum absolute atomic E-state index is 11.2. The minimum Gasteiger partial charge on any atom is -0.310 e. The quantitative estimate of drug-likeness (QED) is 0.544. The topological polar surface area (TPSA) is 59.3 Å². The highest BCUT2D eigenvalue weighted by molar-refractivity contribution is 9.10. The van der Waals surface area contributed by atoms with E-state index >= 15 is 0 Å². The molecule has 0 N–H and O–H groups in total. The van der Waals surface area contributed by atoms with Gasteiger partial charge in [0.2, 0.25) is 4.57 Å². The Morgan fingerprint density at radius 1 is 1.60 bits per heavy atom. The van der Waals surface area contributed by atoms with Crippen molar-refractivity contribution >= 4 is 23.5 Å². The summed E-state index contributed by atoms with van der Waals surface area (Å²) in [5.74, 6) is 0. The molecule has 1 unspecified atom stereocenters. The maximum Gasteiger partial charge on any atom is 0.357 e. The Balaban J connectivity index is 4.37. The minimum absolute atomic E-state index is 0.894. The van der Waals surface area contributed by atoms with Crippen LogP contribution in [0, 0.1) is 11.3 Å². The molecule has 0 fully saturated rings. The van der Waals surface area contributed by atoms with Crippen molar-refractivity contribution in [3.05, 3.63) is 0 Å². The van der Waals surface area contributed by atoms with Crippen LogP contribution in [0.2, 0.25) is 0 Å². The standard InChI is InChI=1S/C4H7BrNO3P/c1-8-10(7,9-2)4(5)3-6/h4H,1-2H3. The van der Waals surface area contributed by atoms with Gasteiger partial charge in [0.05, 0.1) is 6.07 Å². The number of nitriles is 1. The van der Waals surface area contributed by atoms with Crippen LogP contribution in [0.5, 0.6) is 0 Å². The molecular weight excluding hydrogens is 221 g/mol.